The second-order valence-corrected chi connectivity index (χ2v) is 8.04. The molecule has 1 heterocycles. The third kappa shape index (κ3) is 6.75. The Hall–Kier alpha value is -4.61. The first-order valence-corrected chi connectivity index (χ1v) is 10.9. The Bertz CT molecular complexity index is 1360. The van der Waals surface area contributed by atoms with E-state index in [0.29, 0.717) is 23.1 Å². The Kier molecular flexibility index (Phi) is 8.01. The van der Waals surface area contributed by atoms with Crippen LogP contribution in [0.25, 0.3) is 0 Å². The van der Waals surface area contributed by atoms with Crippen LogP contribution < -0.4 is 26.4 Å². The first-order valence-electron chi connectivity index (χ1n) is 10.9. The minimum atomic E-state index is -4.67. The van der Waals surface area contributed by atoms with Crippen molar-refractivity contribution in [1.82, 2.24) is 15.6 Å². The third-order valence-corrected chi connectivity index (χ3v) is 5.27. The molecule has 194 valence electrons. The fraction of sp³-hybridized carbons (Fsp3) is 0.200. The van der Waals surface area contributed by atoms with Crippen molar-refractivity contribution in [2.75, 3.05) is 12.4 Å². The van der Waals surface area contributed by atoms with E-state index in [-0.39, 0.29) is 35.0 Å². The number of primary amides is 1. The van der Waals surface area contributed by atoms with Crippen LogP contribution in [0.15, 0.2) is 48.7 Å². The lowest BCUT2D eigenvalue weighted by Crippen LogP contribution is -2.30. The van der Waals surface area contributed by atoms with Crippen LogP contribution in [0.1, 0.15) is 43.1 Å². The van der Waals surface area contributed by atoms with Crippen molar-refractivity contribution >= 4 is 23.5 Å². The first-order chi connectivity index (χ1) is 17.4. The summed E-state index contributed by atoms with van der Waals surface area (Å²) >= 11 is 0. The van der Waals surface area contributed by atoms with E-state index in [0.717, 1.165) is 11.6 Å². The molecule has 0 saturated heterocycles. The molecule has 0 saturated carbocycles. The predicted octanol–water partition coefficient (Wildman–Crippen LogP) is 4.29. The maximum atomic E-state index is 13.2. The van der Waals surface area contributed by atoms with Crippen LogP contribution in [0.4, 0.5) is 23.7 Å². The maximum absolute atomic E-state index is 13.2. The quantitative estimate of drug-likeness (QED) is 0.372. The van der Waals surface area contributed by atoms with E-state index in [1.54, 1.807) is 31.2 Å². The van der Waals surface area contributed by atoms with Gasteiger partial charge in [0.2, 0.25) is 0 Å². The second kappa shape index (κ2) is 11.0. The van der Waals surface area contributed by atoms with Crippen molar-refractivity contribution in [3.8, 4) is 11.5 Å². The Labute approximate surface area is 210 Å². The Morgan fingerprint density at radius 1 is 1.03 bits per heavy atom. The van der Waals surface area contributed by atoms with Gasteiger partial charge in [-0.2, -0.15) is 13.2 Å². The Balaban J connectivity index is 1.69. The SMILES string of the molecule is CNC(=O)c1cc(Oc2ccc(CNC(=O)Nc3cc(C(F)(F)F)cc(C)c3C(N)=O)cc2C)ccn1. The highest BCUT2D eigenvalue weighted by Gasteiger charge is 2.32. The molecular formula is C25H24F3N5O4. The average molecular weight is 515 g/mol. The highest BCUT2D eigenvalue weighted by molar-refractivity contribution is 6.04. The molecule has 3 aromatic rings. The summed E-state index contributed by atoms with van der Waals surface area (Å²) in [4.78, 5) is 39.9. The van der Waals surface area contributed by atoms with E-state index >= 15 is 0 Å². The lowest BCUT2D eigenvalue weighted by Gasteiger charge is -2.16. The molecule has 37 heavy (non-hydrogen) atoms. The summed E-state index contributed by atoms with van der Waals surface area (Å²) in [5.41, 5.74) is 5.31. The number of pyridine rings is 1. The summed E-state index contributed by atoms with van der Waals surface area (Å²) in [6, 6.07) is 8.84. The number of nitrogens with two attached hydrogens (primary N) is 1. The van der Waals surface area contributed by atoms with Crippen molar-refractivity contribution in [3.05, 3.63) is 82.2 Å². The average Bonchev–Trinajstić information content (AvgIpc) is 2.82. The zero-order chi connectivity index (χ0) is 27.3. The minimum Gasteiger partial charge on any atom is -0.457 e. The molecule has 0 unspecified atom stereocenters. The van der Waals surface area contributed by atoms with Gasteiger partial charge in [0.05, 0.1) is 16.8 Å². The number of halogens is 3. The van der Waals surface area contributed by atoms with E-state index in [2.05, 4.69) is 20.9 Å². The van der Waals surface area contributed by atoms with Crippen LogP contribution in [-0.2, 0) is 12.7 Å². The number of benzene rings is 2. The summed E-state index contributed by atoms with van der Waals surface area (Å²) in [7, 11) is 1.49. The highest BCUT2D eigenvalue weighted by Crippen LogP contribution is 2.34. The molecule has 0 spiro atoms. The van der Waals surface area contributed by atoms with Gasteiger partial charge in [-0.15, -0.1) is 0 Å². The van der Waals surface area contributed by atoms with Crippen molar-refractivity contribution in [2.45, 2.75) is 26.6 Å². The van der Waals surface area contributed by atoms with E-state index in [1.165, 1.54) is 26.2 Å². The molecule has 0 bridgehead atoms. The number of hydrogen-bond donors (Lipinski definition) is 4. The topological polar surface area (TPSA) is 135 Å². The molecule has 1 aromatic heterocycles. The summed E-state index contributed by atoms with van der Waals surface area (Å²) in [6.45, 7) is 3.12. The van der Waals surface area contributed by atoms with E-state index in [4.69, 9.17) is 10.5 Å². The molecule has 5 N–H and O–H groups in total. The predicted molar refractivity (Wildman–Crippen MR) is 129 cm³/mol. The number of carbonyl (C=O) groups is 3. The molecule has 0 fully saturated rings. The fourth-order valence-corrected chi connectivity index (χ4v) is 3.52. The standard InChI is InChI=1S/C25H24F3N5O4/c1-13-8-15(4-5-20(13)37-17-6-7-31-19(11-17)23(35)30-3)12-32-24(36)33-18-10-16(25(26,27)28)9-14(2)21(18)22(29)34/h4-11H,12H2,1-3H3,(H2,29,34)(H,30,35)(H2,32,33,36). The van der Waals surface area contributed by atoms with Crippen LogP contribution >= 0.6 is 0 Å². The number of urea groups is 1. The second-order valence-electron chi connectivity index (χ2n) is 8.04. The smallest absolute Gasteiger partial charge is 0.416 e. The van der Waals surface area contributed by atoms with Gasteiger partial charge < -0.3 is 26.4 Å². The molecule has 0 aliphatic heterocycles. The molecule has 0 aliphatic rings. The molecule has 4 amide bonds. The molecular weight excluding hydrogens is 491 g/mol. The molecule has 2 aromatic carbocycles. The maximum Gasteiger partial charge on any atom is 0.416 e. The zero-order valence-corrected chi connectivity index (χ0v) is 20.1. The monoisotopic (exact) mass is 515 g/mol. The molecule has 0 aliphatic carbocycles. The summed E-state index contributed by atoms with van der Waals surface area (Å²) in [5, 5.41) is 7.30. The minimum absolute atomic E-state index is 0.0134. The number of carbonyl (C=O) groups excluding carboxylic acids is 3. The van der Waals surface area contributed by atoms with Gasteiger partial charge in [-0.3, -0.25) is 14.6 Å². The van der Waals surface area contributed by atoms with Gasteiger partial charge in [0, 0.05) is 25.9 Å². The van der Waals surface area contributed by atoms with Gasteiger partial charge >= 0.3 is 12.2 Å². The van der Waals surface area contributed by atoms with Crippen LogP contribution in [-0.4, -0.2) is 29.9 Å². The molecule has 3 rings (SSSR count). The van der Waals surface area contributed by atoms with Crippen molar-refractivity contribution < 1.29 is 32.3 Å². The number of amides is 4. The summed E-state index contributed by atoms with van der Waals surface area (Å²) < 4.78 is 45.4. The van der Waals surface area contributed by atoms with Crippen LogP contribution in [0.2, 0.25) is 0 Å². The fourth-order valence-electron chi connectivity index (χ4n) is 3.52. The Morgan fingerprint density at radius 3 is 2.38 bits per heavy atom. The van der Waals surface area contributed by atoms with Gasteiger partial charge in [-0.05, 0) is 54.8 Å². The lowest BCUT2D eigenvalue weighted by molar-refractivity contribution is -0.137. The summed E-state index contributed by atoms with van der Waals surface area (Å²) in [6.07, 6.45) is -3.23. The molecule has 0 radical (unpaired) electrons. The molecule has 9 nitrogen and oxygen atoms in total. The van der Waals surface area contributed by atoms with Crippen molar-refractivity contribution in [2.24, 2.45) is 5.73 Å². The van der Waals surface area contributed by atoms with Gasteiger partial charge in [-0.1, -0.05) is 12.1 Å². The number of alkyl halides is 3. The Morgan fingerprint density at radius 2 is 1.76 bits per heavy atom. The van der Waals surface area contributed by atoms with Gasteiger partial charge in [0.1, 0.15) is 17.2 Å². The van der Waals surface area contributed by atoms with Gasteiger partial charge in [-0.25, -0.2) is 4.79 Å². The first kappa shape index (κ1) is 27.0. The number of ether oxygens (including phenoxy) is 1. The largest absolute Gasteiger partial charge is 0.457 e. The third-order valence-electron chi connectivity index (χ3n) is 5.27. The number of anilines is 1. The van der Waals surface area contributed by atoms with Crippen LogP contribution in [0.5, 0.6) is 11.5 Å². The summed E-state index contributed by atoms with van der Waals surface area (Å²) in [5.74, 6) is -0.411. The van der Waals surface area contributed by atoms with Gasteiger partial charge in [0.25, 0.3) is 11.8 Å². The molecule has 0 atom stereocenters. The number of aromatic nitrogens is 1. The van der Waals surface area contributed by atoms with E-state index < -0.39 is 23.7 Å². The van der Waals surface area contributed by atoms with Gasteiger partial charge in [0.15, 0.2) is 0 Å². The zero-order valence-electron chi connectivity index (χ0n) is 20.1. The normalized spacial score (nSPS) is 11.0. The molecule has 12 heteroatoms. The van der Waals surface area contributed by atoms with Crippen LogP contribution in [0.3, 0.4) is 0 Å². The highest BCUT2D eigenvalue weighted by atomic mass is 19.4. The van der Waals surface area contributed by atoms with E-state index in [1.807, 2.05) is 0 Å². The lowest BCUT2D eigenvalue weighted by atomic mass is 10.0. The number of nitrogens with one attached hydrogen (secondary N) is 3. The number of aryl methyl sites for hydroxylation is 2. The number of hydrogen-bond acceptors (Lipinski definition) is 5. The number of nitrogens with zero attached hydrogens (tertiary/aromatic N) is 1. The van der Waals surface area contributed by atoms with Crippen molar-refractivity contribution in [1.29, 1.82) is 0 Å². The number of rotatable bonds is 7. The van der Waals surface area contributed by atoms with E-state index in [9.17, 15) is 27.6 Å². The van der Waals surface area contributed by atoms with Crippen molar-refractivity contribution in [3.63, 3.8) is 0 Å². The van der Waals surface area contributed by atoms with Crippen LogP contribution in [0, 0.1) is 13.8 Å².